The lowest BCUT2D eigenvalue weighted by Gasteiger charge is -2.34. The van der Waals surface area contributed by atoms with Gasteiger partial charge in [0.2, 0.25) is 17.7 Å². The fourth-order valence-corrected chi connectivity index (χ4v) is 4.87. The average molecular weight is 373 g/mol. The molecule has 2 aromatic rings. The van der Waals surface area contributed by atoms with Crippen molar-refractivity contribution in [1.82, 2.24) is 9.80 Å². The van der Waals surface area contributed by atoms with E-state index in [2.05, 4.69) is 0 Å². The van der Waals surface area contributed by atoms with Gasteiger partial charge in [-0.2, -0.15) is 0 Å². The largest absolute Gasteiger partial charge is 0.368 e. The molecule has 2 saturated heterocycles. The van der Waals surface area contributed by atoms with Gasteiger partial charge in [-0.1, -0.05) is 54.6 Å². The highest BCUT2D eigenvalue weighted by Crippen LogP contribution is 2.52. The summed E-state index contributed by atoms with van der Waals surface area (Å²) < 4.78 is 0. The molecule has 0 saturated carbocycles. The minimum absolute atomic E-state index is 0.210. The Hall–Kier alpha value is -3.41. The highest BCUT2D eigenvalue weighted by molar-refractivity contribution is 6.09. The SMILES string of the molecule is NC(=O)[C@@H]1[C@@H]2C(=O)N(Cc3ccccc3)C(=O)[C@H]2[C@H]2c3ccccc3C=CN12. The molecule has 0 unspecified atom stereocenters. The maximum absolute atomic E-state index is 13.3. The lowest BCUT2D eigenvalue weighted by atomic mass is 9.84. The summed E-state index contributed by atoms with van der Waals surface area (Å²) in [6, 6.07) is 16.0. The second-order valence-corrected chi connectivity index (χ2v) is 7.48. The van der Waals surface area contributed by atoms with E-state index in [0.29, 0.717) is 0 Å². The Morgan fingerprint density at radius 1 is 0.929 bits per heavy atom. The molecule has 0 bridgehead atoms. The number of fused-ring (bicyclic) bond motifs is 5. The van der Waals surface area contributed by atoms with E-state index in [-0.39, 0.29) is 24.4 Å². The van der Waals surface area contributed by atoms with Crippen molar-refractivity contribution in [1.29, 1.82) is 0 Å². The van der Waals surface area contributed by atoms with Crippen molar-refractivity contribution >= 4 is 23.8 Å². The highest BCUT2D eigenvalue weighted by atomic mass is 16.2. The first kappa shape index (κ1) is 16.7. The maximum Gasteiger partial charge on any atom is 0.240 e. The molecule has 0 aliphatic carbocycles. The summed E-state index contributed by atoms with van der Waals surface area (Å²) in [4.78, 5) is 41.9. The van der Waals surface area contributed by atoms with Crippen LogP contribution in [0.1, 0.15) is 22.7 Å². The van der Waals surface area contributed by atoms with Gasteiger partial charge in [0.15, 0.2) is 0 Å². The van der Waals surface area contributed by atoms with Gasteiger partial charge >= 0.3 is 0 Å². The van der Waals surface area contributed by atoms with Gasteiger partial charge in [0.05, 0.1) is 24.4 Å². The molecular weight excluding hydrogens is 354 g/mol. The first-order valence-electron chi connectivity index (χ1n) is 9.31. The lowest BCUT2D eigenvalue weighted by Crippen LogP contribution is -2.46. The molecule has 28 heavy (non-hydrogen) atoms. The number of likely N-dealkylation sites (tertiary alicyclic amines) is 1. The van der Waals surface area contributed by atoms with Crippen LogP contribution < -0.4 is 5.73 Å². The zero-order valence-electron chi connectivity index (χ0n) is 15.1. The number of primary amides is 1. The van der Waals surface area contributed by atoms with Crippen LogP contribution in [0, 0.1) is 11.8 Å². The Balaban J connectivity index is 1.58. The van der Waals surface area contributed by atoms with Gasteiger partial charge < -0.3 is 10.6 Å². The van der Waals surface area contributed by atoms with Gasteiger partial charge in [-0.05, 0) is 22.8 Å². The molecule has 3 amide bonds. The van der Waals surface area contributed by atoms with Crippen LogP contribution in [0.3, 0.4) is 0 Å². The van der Waals surface area contributed by atoms with E-state index in [1.165, 1.54) is 4.90 Å². The topological polar surface area (TPSA) is 83.7 Å². The monoisotopic (exact) mass is 373 g/mol. The number of imide groups is 1. The summed E-state index contributed by atoms with van der Waals surface area (Å²) in [5, 5.41) is 0. The number of carbonyl (C=O) groups is 3. The quantitative estimate of drug-likeness (QED) is 0.830. The van der Waals surface area contributed by atoms with Crippen molar-refractivity contribution in [2.45, 2.75) is 18.6 Å². The number of rotatable bonds is 3. The first-order chi connectivity index (χ1) is 13.6. The van der Waals surface area contributed by atoms with Crippen LogP contribution in [-0.4, -0.2) is 33.6 Å². The molecule has 0 spiro atoms. The molecule has 3 aliphatic heterocycles. The summed E-state index contributed by atoms with van der Waals surface area (Å²) in [7, 11) is 0. The summed E-state index contributed by atoms with van der Waals surface area (Å²) in [6.45, 7) is 0.210. The van der Waals surface area contributed by atoms with Crippen molar-refractivity contribution in [2.24, 2.45) is 17.6 Å². The third-order valence-corrected chi connectivity index (χ3v) is 6.03. The number of hydrogen-bond acceptors (Lipinski definition) is 4. The van der Waals surface area contributed by atoms with Gasteiger partial charge in [-0.3, -0.25) is 19.3 Å². The molecule has 140 valence electrons. The first-order valence-corrected chi connectivity index (χ1v) is 9.31. The molecule has 0 aromatic heterocycles. The Bertz CT molecular complexity index is 1020. The minimum atomic E-state index is -0.822. The molecule has 4 atom stereocenters. The predicted octanol–water partition coefficient (Wildman–Crippen LogP) is 1.68. The molecule has 0 radical (unpaired) electrons. The number of carbonyl (C=O) groups excluding carboxylic acids is 3. The average Bonchev–Trinajstić information content (AvgIpc) is 3.18. The molecule has 3 aliphatic rings. The van der Waals surface area contributed by atoms with Gasteiger partial charge in [0.1, 0.15) is 6.04 Å². The molecule has 3 heterocycles. The smallest absolute Gasteiger partial charge is 0.240 e. The van der Waals surface area contributed by atoms with Crippen LogP contribution in [0.4, 0.5) is 0 Å². The Morgan fingerprint density at radius 2 is 1.61 bits per heavy atom. The Kier molecular flexibility index (Phi) is 3.62. The highest BCUT2D eigenvalue weighted by Gasteiger charge is 2.63. The van der Waals surface area contributed by atoms with Crippen molar-refractivity contribution < 1.29 is 14.4 Å². The molecular formula is C22H19N3O3. The van der Waals surface area contributed by atoms with Crippen LogP contribution in [0.25, 0.3) is 6.08 Å². The standard InChI is InChI=1S/C22H19N3O3/c23-20(26)19-17-16(18-15-9-5-4-8-14(15)10-11-24(18)19)21(27)25(22(17)28)12-13-6-2-1-3-7-13/h1-11,16-19H,12H2,(H2,23,26)/t16-,17-,18-,19+/m1/s1. The zero-order chi connectivity index (χ0) is 19.4. The van der Waals surface area contributed by atoms with E-state index < -0.39 is 23.8 Å². The van der Waals surface area contributed by atoms with Crippen LogP contribution in [0.15, 0.2) is 60.8 Å². The molecule has 5 rings (SSSR count). The third kappa shape index (κ3) is 2.24. The Morgan fingerprint density at radius 3 is 2.36 bits per heavy atom. The number of nitrogens with zero attached hydrogens (tertiary/aromatic N) is 2. The maximum atomic E-state index is 13.3. The number of amides is 3. The number of nitrogens with two attached hydrogens (primary N) is 1. The predicted molar refractivity (Wildman–Crippen MR) is 102 cm³/mol. The minimum Gasteiger partial charge on any atom is -0.368 e. The summed E-state index contributed by atoms with van der Waals surface area (Å²) in [5.41, 5.74) is 8.51. The Labute approximate surface area is 162 Å². The number of benzene rings is 2. The number of hydrogen-bond donors (Lipinski definition) is 1. The van der Waals surface area contributed by atoms with Gasteiger partial charge in [0.25, 0.3) is 0 Å². The van der Waals surface area contributed by atoms with Crippen LogP contribution in [-0.2, 0) is 20.9 Å². The van der Waals surface area contributed by atoms with Gasteiger partial charge in [-0.25, -0.2) is 0 Å². The van der Waals surface area contributed by atoms with Crippen molar-refractivity contribution in [3.05, 3.63) is 77.5 Å². The van der Waals surface area contributed by atoms with E-state index in [4.69, 9.17) is 5.73 Å². The van der Waals surface area contributed by atoms with E-state index in [0.717, 1.165) is 16.7 Å². The van der Waals surface area contributed by atoms with Gasteiger partial charge in [0, 0.05) is 6.20 Å². The normalized spacial score (nSPS) is 27.6. The van der Waals surface area contributed by atoms with Gasteiger partial charge in [-0.15, -0.1) is 0 Å². The molecule has 2 aromatic carbocycles. The molecule has 2 fully saturated rings. The second kappa shape index (κ2) is 6.05. The van der Waals surface area contributed by atoms with Crippen molar-refractivity contribution in [2.75, 3.05) is 0 Å². The van der Waals surface area contributed by atoms with E-state index in [9.17, 15) is 14.4 Å². The lowest BCUT2D eigenvalue weighted by molar-refractivity contribution is -0.143. The third-order valence-electron chi connectivity index (χ3n) is 6.03. The van der Waals surface area contributed by atoms with Crippen LogP contribution in [0.2, 0.25) is 0 Å². The van der Waals surface area contributed by atoms with Crippen LogP contribution in [0.5, 0.6) is 0 Å². The molecule has 6 heteroatoms. The summed E-state index contributed by atoms with van der Waals surface area (Å²) in [6.07, 6.45) is 3.70. The fraction of sp³-hybridized carbons (Fsp3) is 0.227. The second-order valence-electron chi connectivity index (χ2n) is 7.48. The van der Waals surface area contributed by atoms with E-state index >= 15 is 0 Å². The summed E-state index contributed by atoms with van der Waals surface area (Å²) >= 11 is 0. The molecule has 6 nitrogen and oxygen atoms in total. The van der Waals surface area contributed by atoms with E-state index in [1.54, 1.807) is 11.1 Å². The van der Waals surface area contributed by atoms with Crippen molar-refractivity contribution in [3.63, 3.8) is 0 Å². The van der Waals surface area contributed by atoms with Crippen LogP contribution >= 0.6 is 0 Å². The fourth-order valence-electron chi connectivity index (χ4n) is 4.87. The summed E-state index contributed by atoms with van der Waals surface area (Å²) in [5.74, 6) is -2.50. The van der Waals surface area contributed by atoms with E-state index in [1.807, 2.05) is 60.7 Å². The molecule has 2 N–H and O–H groups in total. The van der Waals surface area contributed by atoms with Crippen molar-refractivity contribution in [3.8, 4) is 0 Å². The zero-order valence-corrected chi connectivity index (χ0v) is 15.1.